The first-order chi connectivity index (χ1) is 9.47. The van der Waals surface area contributed by atoms with Crippen molar-refractivity contribution in [3.63, 3.8) is 0 Å². The third-order valence-electron chi connectivity index (χ3n) is 3.85. The number of aromatic nitrogens is 3. The molecule has 7 heteroatoms. The van der Waals surface area contributed by atoms with E-state index < -0.39 is 11.7 Å². The Morgan fingerprint density at radius 1 is 1.25 bits per heavy atom. The van der Waals surface area contributed by atoms with Crippen LogP contribution in [0.15, 0.2) is 18.3 Å². The van der Waals surface area contributed by atoms with Crippen LogP contribution < -0.4 is 5.73 Å². The van der Waals surface area contributed by atoms with Crippen LogP contribution in [0.5, 0.6) is 0 Å². The van der Waals surface area contributed by atoms with Crippen LogP contribution in [0.4, 0.5) is 13.2 Å². The van der Waals surface area contributed by atoms with Gasteiger partial charge in [0.25, 0.3) is 0 Å². The lowest BCUT2D eigenvalue weighted by Gasteiger charge is -2.25. The number of fused-ring (bicyclic) bond motifs is 1. The number of halogens is 3. The molecule has 2 N–H and O–H groups in total. The van der Waals surface area contributed by atoms with E-state index in [-0.39, 0.29) is 17.6 Å². The molecule has 0 aromatic carbocycles. The molecule has 0 bridgehead atoms. The van der Waals surface area contributed by atoms with E-state index in [2.05, 4.69) is 10.2 Å². The molecule has 1 aliphatic rings. The molecule has 0 aliphatic heterocycles. The topological polar surface area (TPSA) is 56.2 Å². The zero-order valence-corrected chi connectivity index (χ0v) is 10.8. The van der Waals surface area contributed by atoms with E-state index in [9.17, 15) is 13.2 Å². The molecule has 108 valence electrons. The van der Waals surface area contributed by atoms with Crippen LogP contribution in [0.2, 0.25) is 0 Å². The van der Waals surface area contributed by atoms with Gasteiger partial charge in [0.2, 0.25) is 0 Å². The molecule has 2 aromatic rings. The van der Waals surface area contributed by atoms with Gasteiger partial charge in [0.05, 0.1) is 0 Å². The maximum atomic E-state index is 12.9. The van der Waals surface area contributed by atoms with E-state index in [0.29, 0.717) is 5.82 Å². The smallest absolute Gasteiger partial charge is 0.328 e. The molecule has 0 radical (unpaired) electrons. The first-order valence-corrected chi connectivity index (χ1v) is 6.63. The molecule has 2 aromatic heterocycles. The Balaban J connectivity index is 2.06. The zero-order valence-electron chi connectivity index (χ0n) is 10.8. The number of pyridine rings is 1. The summed E-state index contributed by atoms with van der Waals surface area (Å²) in [5.74, 6) is 0.665. The number of nitrogens with zero attached hydrogens (tertiary/aromatic N) is 3. The summed E-state index contributed by atoms with van der Waals surface area (Å²) >= 11 is 0. The quantitative estimate of drug-likeness (QED) is 0.876. The second kappa shape index (κ2) is 4.73. The molecule has 4 nitrogen and oxygen atoms in total. The first-order valence-electron chi connectivity index (χ1n) is 6.63. The van der Waals surface area contributed by atoms with Gasteiger partial charge in [-0.2, -0.15) is 13.2 Å². The minimum Gasteiger partial charge on any atom is -0.328 e. The largest absolute Gasteiger partial charge is 0.420 e. The van der Waals surface area contributed by atoms with Crippen molar-refractivity contribution in [1.82, 2.24) is 14.6 Å². The minimum atomic E-state index is -4.42. The maximum Gasteiger partial charge on any atom is 0.420 e. The van der Waals surface area contributed by atoms with Crippen molar-refractivity contribution in [3.05, 3.63) is 29.7 Å². The lowest BCUT2D eigenvalue weighted by Crippen LogP contribution is -2.27. The molecule has 1 fully saturated rings. The van der Waals surface area contributed by atoms with Crippen molar-refractivity contribution >= 4 is 5.65 Å². The van der Waals surface area contributed by atoms with Crippen molar-refractivity contribution in [2.24, 2.45) is 5.73 Å². The molecule has 2 heterocycles. The fourth-order valence-electron chi connectivity index (χ4n) is 2.90. The van der Waals surface area contributed by atoms with Crippen LogP contribution in [0.1, 0.15) is 43.0 Å². The number of alkyl halides is 3. The maximum absolute atomic E-state index is 12.9. The molecular weight excluding hydrogens is 269 g/mol. The summed E-state index contributed by atoms with van der Waals surface area (Å²) in [6, 6.07) is 2.50. The van der Waals surface area contributed by atoms with E-state index in [0.717, 1.165) is 31.7 Å². The van der Waals surface area contributed by atoms with E-state index in [4.69, 9.17) is 5.73 Å². The summed E-state index contributed by atoms with van der Waals surface area (Å²) in [5, 5.41) is 7.72. The highest BCUT2D eigenvalue weighted by Crippen LogP contribution is 2.35. The summed E-state index contributed by atoms with van der Waals surface area (Å²) in [4.78, 5) is 0. The van der Waals surface area contributed by atoms with Crippen LogP contribution >= 0.6 is 0 Å². The fraction of sp³-hybridized carbons (Fsp3) is 0.538. The van der Waals surface area contributed by atoms with Crippen LogP contribution in [-0.2, 0) is 6.18 Å². The SMILES string of the molecule is NC1CCCC(c2nnc3c(C(F)(F)F)cccn23)C1. The van der Waals surface area contributed by atoms with Crippen LogP contribution in [-0.4, -0.2) is 20.6 Å². The fourth-order valence-corrected chi connectivity index (χ4v) is 2.90. The van der Waals surface area contributed by atoms with Crippen LogP contribution in [0.25, 0.3) is 5.65 Å². The number of rotatable bonds is 1. The molecule has 1 aliphatic carbocycles. The van der Waals surface area contributed by atoms with Gasteiger partial charge in [-0.1, -0.05) is 6.42 Å². The third kappa shape index (κ3) is 2.26. The Hall–Kier alpha value is -1.63. The predicted molar refractivity (Wildman–Crippen MR) is 67.2 cm³/mol. The van der Waals surface area contributed by atoms with Gasteiger partial charge in [0.15, 0.2) is 5.65 Å². The second-order valence-electron chi connectivity index (χ2n) is 5.30. The van der Waals surface area contributed by atoms with Gasteiger partial charge in [-0.15, -0.1) is 10.2 Å². The molecular formula is C13H15F3N4. The zero-order chi connectivity index (χ0) is 14.3. The van der Waals surface area contributed by atoms with Crippen molar-refractivity contribution in [2.75, 3.05) is 0 Å². The summed E-state index contributed by atoms with van der Waals surface area (Å²) in [6.45, 7) is 0. The van der Waals surface area contributed by atoms with Crippen LogP contribution in [0, 0.1) is 0 Å². The predicted octanol–water partition coefficient (Wildman–Crippen LogP) is 2.73. The Morgan fingerprint density at radius 2 is 2.05 bits per heavy atom. The van der Waals surface area contributed by atoms with Crippen molar-refractivity contribution in [2.45, 2.75) is 43.8 Å². The lowest BCUT2D eigenvalue weighted by atomic mass is 9.85. The minimum absolute atomic E-state index is 0.0808. The highest BCUT2D eigenvalue weighted by molar-refractivity contribution is 5.49. The van der Waals surface area contributed by atoms with E-state index >= 15 is 0 Å². The van der Waals surface area contributed by atoms with Gasteiger partial charge in [0, 0.05) is 18.2 Å². The van der Waals surface area contributed by atoms with E-state index in [1.807, 2.05) is 0 Å². The van der Waals surface area contributed by atoms with Gasteiger partial charge in [-0.25, -0.2) is 0 Å². The Morgan fingerprint density at radius 3 is 2.75 bits per heavy atom. The highest BCUT2D eigenvalue weighted by atomic mass is 19.4. The number of nitrogens with two attached hydrogens (primary N) is 1. The van der Waals surface area contributed by atoms with Crippen molar-refractivity contribution < 1.29 is 13.2 Å². The van der Waals surface area contributed by atoms with Gasteiger partial charge < -0.3 is 5.73 Å². The number of hydrogen-bond donors (Lipinski definition) is 1. The third-order valence-corrected chi connectivity index (χ3v) is 3.85. The summed E-state index contributed by atoms with van der Waals surface area (Å²) in [6.07, 6.45) is 0.734. The lowest BCUT2D eigenvalue weighted by molar-refractivity contribution is -0.136. The highest BCUT2D eigenvalue weighted by Gasteiger charge is 2.35. The van der Waals surface area contributed by atoms with E-state index in [1.54, 1.807) is 6.20 Å². The Labute approximate surface area is 113 Å². The summed E-state index contributed by atoms with van der Waals surface area (Å²) in [7, 11) is 0. The molecule has 1 saturated carbocycles. The van der Waals surface area contributed by atoms with Gasteiger partial charge in [-0.05, 0) is 31.4 Å². The van der Waals surface area contributed by atoms with Crippen molar-refractivity contribution in [1.29, 1.82) is 0 Å². The average Bonchev–Trinajstić information content (AvgIpc) is 2.81. The van der Waals surface area contributed by atoms with Gasteiger partial charge in [-0.3, -0.25) is 4.40 Å². The standard InChI is InChI=1S/C13H15F3N4/c14-13(15,16)10-5-2-6-20-11(18-19-12(10)20)8-3-1-4-9(17)7-8/h2,5-6,8-9H,1,3-4,7,17H2. The van der Waals surface area contributed by atoms with Crippen LogP contribution in [0.3, 0.4) is 0 Å². The monoisotopic (exact) mass is 284 g/mol. The molecule has 0 spiro atoms. The summed E-state index contributed by atoms with van der Waals surface area (Å²) in [5.41, 5.74) is 5.06. The summed E-state index contributed by atoms with van der Waals surface area (Å²) < 4.78 is 40.2. The second-order valence-corrected chi connectivity index (χ2v) is 5.30. The van der Waals surface area contributed by atoms with Gasteiger partial charge >= 0.3 is 6.18 Å². The van der Waals surface area contributed by atoms with E-state index in [1.165, 1.54) is 10.5 Å². The first kappa shape index (κ1) is 13.4. The number of hydrogen-bond acceptors (Lipinski definition) is 3. The molecule has 2 unspecified atom stereocenters. The molecule has 0 saturated heterocycles. The molecule has 3 rings (SSSR count). The molecule has 2 atom stereocenters. The molecule has 20 heavy (non-hydrogen) atoms. The molecule has 0 amide bonds. The average molecular weight is 284 g/mol. The van der Waals surface area contributed by atoms with Gasteiger partial charge in [0.1, 0.15) is 11.4 Å². The Bertz CT molecular complexity index is 620. The Kier molecular flexibility index (Phi) is 3.16. The van der Waals surface area contributed by atoms with Crippen molar-refractivity contribution in [3.8, 4) is 0 Å². The normalized spacial score (nSPS) is 24.2.